The summed E-state index contributed by atoms with van der Waals surface area (Å²) < 4.78 is 29.7. The van der Waals surface area contributed by atoms with Gasteiger partial charge in [-0.25, -0.2) is 17.5 Å². The minimum absolute atomic E-state index is 0.0827. The van der Waals surface area contributed by atoms with E-state index in [1.54, 1.807) is 12.1 Å². The maximum absolute atomic E-state index is 12.5. The van der Waals surface area contributed by atoms with Crippen molar-refractivity contribution in [1.29, 1.82) is 0 Å². The van der Waals surface area contributed by atoms with Crippen LogP contribution in [0.4, 0.5) is 11.4 Å². The van der Waals surface area contributed by atoms with Gasteiger partial charge in [-0.3, -0.25) is 14.6 Å². The van der Waals surface area contributed by atoms with Crippen LogP contribution in [0.25, 0.3) is 11.1 Å². The van der Waals surface area contributed by atoms with Gasteiger partial charge in [0.1, 0.15) is 0 Å². The Morgan fingerprint density at radius 1 is 1.15 bits per heavy atom. The number of sulfonamides is 1. The molecule has 1 aliphatic heterocycles. The first-order chi connectivity index (χ1) is 12.8. The van der Waals surface area contributed by atoms with Gasteiger partial charge in [0.2, 0.25) is 15.9 Å². The third kappa shape index (κ3) is 3.10. The van der Waals surface area contributed by atoms with E-state index in [4.69, 9.17) is 4.42 Å². The average Bonchev–Trinajstić information content (AvgIpc) is 3.12. The van der Waals surface area contributed by atoms with Gasteiger partial charge in [0.15, 0.2) is 5.58 Å². The highest BCUT2D eigenvalue weighted by Crippen LogP contribution is 2.26. The van der Waals surface area contributed by atoms with Crippen LogP contribution in [0.15, 0.2) is 51.7 Å². The molecule has 2 heterocycles. The molecule has 0 saturated carbocycles. The normalized spacial score (nSPS) is 16.0. The van der Waals surface area contributed by atoms with Crippen LogP contribution in [0.5, 0.6) is 0 Å². The van der Waals surface area contributed by atoms with Crippen molar-refractivity contribution in [3.05, 3.63) is 58.6 Å². The summed E-state index contributed by atoms with van der Waals surface area (Å²) in [7, 11) is -3.71. The maximum atomic E-state index is 12.5. The molecule has 3 aromatic rings. The second kappa shape index (κ2) is 6.09. The van der Waals surface area contributed by atoms with Gasteiger partial charge in [-0.1, -0.05) is 6.07 Å². The van der Waals surface area contributed by atoms with Crippen LogP contribution < -0.4 is 15.4 Å². The molecule has 27 heavy (non-hydrogen) atoms. The lowest BCUT2D eigenvalue weighted by Gasteiger charge is -2.15. The Kier molecular flexibility index (Phi) is 3.84. The molecule has 2 amide bonds. The van der Waals surface area contributed by atoms with Crippen LogP contribution >= 0.6 is 0 Å². The third-order valence-electron chi connectivity index (χ3n) is 4.10. The van der Waals surface area contributed by atoms with Crippen LogP contribution in [0.2, 0.25) is 0 Å². The molecule has 0 bridgehead atoms. The molecule has 1 aromatic heterocycles. The van der Waals surface area contributed by atoms with Crippen LogP contribution in [0.1, 0.15) is 16.8 Å². The summed E-state index contributed by atoms with van der Waals surface area (Å²) in [6, 6.07) is 10.5. The molecular weight excluding hydrogens is 374 g/mol. The minimum Gasteiger partial charge on any atom is -0.408 e. The van der Waals surface area contributed by atoms with Gasteiger partial charge in [0.05, 0.1) is 17.0 Å². The Hall–Kier alpha value is -3.40. The fourth-order valence-corrected chi connectivity index (χ4v) is 4.32. The van der Waals surface area contributed by atoms with Crippen molar-refractivity contribution >= 4 is 44.3 Å². The first-order valence-corrected chi connectivity index (χ1v) is 9.54. The zero-order chi connectivity index (χ0) is 19.2. The van der Waals surface area contributed by atoms with Crippen molar-refractivity contribution in [3.8, 4) is 0 Å². The van der Waals surface area contributed by atoms with Crippen molar-refractivity contribution in [2.45, 2.75) is 6.42 Å². The molecule has 138 valence electrons. The number of fused-ring (bicyclic) bond motifs is 1. The number of nitrogens with one attached hydrogen (secondary N) is 2. The summed E-state index contributed by atoms with van der Waals surface area (Å²) in [5, 5.41) is 2.64. The SMILES string of the molecule is O=C(Nc1ccc2[nH]c(=O)oc2c1)c1cccc(N2C(=O)CCS2(=O)=O)c1. The molecule has 4 rings (SSSR count). The van der Waals surface area contributed by atoms with Crippen molar-refractivity contribution < 1.29 is 22.4 Å². The lowest BCUT2D eigenvalue weighted by molar-refractivity contribution is -0.116. The number of H-pyrrole nitrogens is 1. The van der Waals surface area contributed by atoms with Crippen molar-refractivity contribution in [1.82, 2.24) is 4.98 Å². The third-order valence-corrected chi connectivity index (χ3v) is 5.79. The van der Waals surface area contributed by atoms with E-state index in [2.05, 4.69) is 10.3 Å². The summed E-state index contributed by atoms with van der Waals surface area (Å²) >= 11 is 0. The molecule has 1 fully saturated rings. The van der Waals surface area contributed by atoms with Crippen LogP contribution in [-0.2, 0) is 14.8 Å². The molecule has 1 aliphatic rings. The molecule has 0 unspecified atom stereocenters. The zero-order valence-corrected chi connectivity index (χ0v) is 14.6. The molecule has 1 saturated heterocycles. The number of nitrogens with zero attached hydrogens (tertiary/aromatic N) is 1. The number of hydrogen-bond acceptors (Lipinski definition) is 6. The summed E-state index contributed by atoms with van der Waals surface area (Å²) in [6.07, 6.45) is -0.0827. The smallest absolute Gasteiger partial charge is 0.408 e. The number of carbonyl (C=O) groups excluding carboxylic acids is 2. The number of rotatable bonds is 3. The first-order valence-electron chi connectivity index (χ1n) is 7.94. The molecule has 2 N–H and O–H groups in total. The van der Waals surface area contributed by atoms with E-state index >= 15 is 0 Å². The van der Waals surface area contributed by atoms with Crippen molar-refractivity contribution in [3.63, 3.8) is 0 Å². The predicted molar refractivity (Wildman–Crippen MR) is 97.1 cm³/mol. The molecule has 10 heteroatoms. The zero-order valence-electron chi connectivity index (χ0n) is 13.8. The lowest BCUT2D eigenvalue weighted by Crippen LogP contribution is -2.29. The average molecular weight is 387 g/mol. The fourth-order valence-electron chi connectivity index (χ4n) is 2.87. The predicted octanol–water partition coefficient (Wildman–Crippen LogP) is 1.44. The second-order valence-corrected chi connectivity index (χ2v) is 7.89. The molecule has 0 atom stereocenters. The second-order valence-electron chi connectivity index (χ2n) is 5.95. The highest BCUT2D eigenvalue weighted by molar-refractivity contribution is 7.94. The summed E-state index contributed by atoms with van der Waals surface area (Å²) in [6.45, 7) is 0. The first kappa shape index (κ1) is 17.0. The van der Waals surface area contributed by atoms with E-state index in [1.165, 1.54) is 30.3 Å². The molecule has 2 aromatic carbocycles. The van der Waals surface area contributed by atoms with Gasteiger partial charge in [-0.15, -0.1) is 0 Å². The monoisotopic (exact) mass is 387 g/mol. The number of aromatic amines is 1. The number of benzene rings is 2. The lowest BCUT2D eigenvalue weighted by atomic mass is 10.1. The van der Waals surface area contributed by atoms with Gasteiger partial charge < -0.3 is 9.73 Å². The largest absolute Gasteiger partial charge is 0.417 e. The quantitative estimate of drug-likeness (QED) is 0.699. The van der Waals surface area contributed by atoms with Gasteiger partial charge in [-0.05, 0) is 30.3 Å². The van der Waals surface area contributed by atoms with Crippen LogP contribution in [-0.4, -0.2) is 31.0 Å². The minimum atomic E-state index is -3.71. The Morgan fingerprint density at radius 3 is 2.70 bits per heavy atom. The molecule has 0 aliphatic carbocycles. The van der Waals surface area contributed by atoms with Crippen LogP contribution in [0.3, 0.4) is 0 Å². The maximum Gasteiger partial charge on any atom is 0.417 e. The Labute approximate surface area is 152 Å². The topological polar surface area (TPSA) is 130 Å². The molecule has 0 radical (unpaired) electrons. The number of anilines is 2. The van der Waals surface area contributed by atoms with E-state index in [0.717, 1.165) is 4.31 Å². The number of aromatic nitrogens is 1. The highest BCUT2D eigenvalue weighted by Gasteiger charge is 2.36. The highest BCUT2D eigenvalue weighted by atomic mass is 32.2. The van der Waals surface area contributed by atoms with E-state index in [0.29, 0.717) is 16.8 Å². The number of hydrogen-bond donors (Lipinski definition) is 2. The number of carbonyl (C=O) groups is 2. The molecular formula is C17H13N3O6S. The van der Waals surface area contributed by atoms with Gasteiger partial charge >= 0.3 is 5.76 Å². The Morgan fingerprint density at radius 2 is 1.96 bits per heavy atom. The Balaban J connectivity index is 1.62. The van der Waals surface area contributed by atoms with Gasteiger partial charge in [0.25, 0.3) is 5.91 Å². The van der Waals surface area contributed by atoms with Crippen LogP contribution in [0, 0.1) is 0 Å². The van der Waals surface area contributed by atoms with Crippen molar-refractivity contribution in [2.75, 3.05) is 15.4 Å². The Bertz CT molecular complexity index is 1240. The summed E-state index contributed by atoms with van der Waals surface area (Å²) in [5.41, 5.74) is 1.49. The van der Waals surface area contributed by atoms with Gasteiger partial charge in [0, 0.05) is 23.7 Å². The standard InChI is InChI=1S/C17H13N3O6S/c21-15-6-7-27(24,25)20(15)12-3-1-2-10(8-12)16(22)18-11-4-5-13-14(9-11)26-17(23)19-13/h1-5,8-9H,6-7H2,(H,18,22)(H,19,23). The van der Waals surface area contributed by atoms with Gasteiger partial charge in [-0.2, -0.15) is 0 Å². The van der Waals surface area contributed by atoms with Crippen molar-refractivity contribution in [2.24, 2.45) is 0 Å². The van der Waals surface area contributed by atoms with E-state index < -0.39 is 27.6 Å². The molecule has 0 spiro atoms. The van der Waals surface area contributed by atoms with E-state index in [-0.39, 0.29) is 23.4 Å². The van der Waals surface area contributed by atoms with E-state index in [9.17, 15) is 22.8 Å². The molecule has 9 nitrogen and oxygen atoms in total. The number of amides is 2. The van der Waals surface area contributed by atoms with E-state index in [1.807, 2.05) is 0 Å². The number of oxazole rings is 1. The fraction of sp³-hybridized carbons (Fsp3) is 0.118. The summed E-state index contributed by atoms with van der Waals surface area (Å²) in [5.74, 6) is -1.87. The summed E-state index contributed by atoms with van der Waals surface area (Å²) in [4.78, 5) is 38.1.